The highest BCUT2D eigenvalue weighted by molar-refractivity contribution is 6.32. The Labute approximate surface area is 201 Å². The molecule has 1 aliphatic rings. The third kappa shape index (κ3) is 3.25. The van der Waals surface area contributed by atoms with Crippen molar-refractivity contribution in [2.75, 3.05) is 0 Å². The lowest BCUT2D eigenvalue weighted by Crippen LogP contribution is -2.23. The minimum absolute atomic E-state index is 0.0798. The quantitative estimate of drug-likeness (QED) is 0.280. The van der Waals surface area contributed by atoms with Gasteiger partial charge in [0.25, 0.3) is 0 Å². The molecule has 4 aromatic rings. The lowest BCUT2D eigenvalue weighted by molar-refractivity contribution is 0.0980. The summed E-state index contributed by atoms with van der Waals surface area (Å²) in [7, 11) is 0. The van der Waals surface area contributed by atoms with Crippen LogP contribution in [-0.2, 0) is 0 Å². The normalized spacial score (nSPS) is 12.5. The highest BCUT2D eigenvalue weighted by Gasteiger charge is 2.35. The topological polar surface area (TPSA) is 34.1 Å². The van der Waals surface area contributed by atoms with Crippen molar-refractivity contribution in [2.45, 2.75) is 41.5 Å². The number of benzene rings is 4. The van der Waals surface area contributed by atoms with Gasteiger partial charge in [0.05, 0.1) is 0 Å². The first-order chi connectivity index (χ1) is 16.2. The first-order valence-corrected chi connectivity index (χ1v) is 11.7. The van der Waals surface area contributed by atoms with Gasteiger partial charge in [-0.25, -0.2) is 0 Å². The van der Waals surface area contributed by atoms with E-state index in [1.807, 2.05) is 24.3 Å². The zero-order valence-corrected chi connectivity index (χ0v) is 20.6. The highest BCUT2D eigenvalue weighted by Crippen LogP contribution is 2.43. The van der Waals surface area contributed by atoms with Crippen molar-refractivity contribution in [1.82, 2.24) is 0 Å². The predicted molar refractivity (Wildman–Crippen MR) is 139 cm³/mol. The fourth-order valence-corrected chi connectivity index (χ4v) is 5.85. The summed E-state index contributed by atoms with van der Waals surface area (Å²) in [5.74, 6) is -0.160. The molecule has 0 aromatic heterocycles. The van der Waals surface area contributed by atoms with E-state index in [1.54, 1.807) is 12.1 Å². The molecule has 0 bridgehead atoms. The monoisotopic (exact) mass is 444 g/mol. The highest BCUT2D eigenvalue weighted by atomic mass is 16.1. The number of carbonyl (C=O) groups excluding carboxylic acids is 2. The minimum atomic E-state index is -0.0798. The lowest BCUT2D eigenvalue weighted by atomic mass is 9.75. The Morgan fingerprint density at radius 3 is 1.06 bits per heavy atom. The molecule has 0 saturated heterocycles. The number of aryl methyl sites for hydroxylation is 6. The molecule has 0 heterocycles. The fraction of sp³-hybridized carbons (Fsp3) is 0.188. The van der Waals surface area contributed by atoms with E-state index in [0.29, 0.717) is 22.3 Å². The fourth-order valence-electron chi connectivity index (χ4n) is 5.85. The SMILES string of the molecule is Cc1cc(C)c(-c2ccc(-c3c(C)cc(C)cc3C)c3c2C(=O)c2ccccc2C3=O)c(C)c1. The number of carbonyl (C=O) groups is 2. The third-order valence-corrected chi connectivity index (χ3v) is 6.97. The molecule has 1 aliphatic carbocycles. The van der Waals surface area contributed by atoms with Gasteiger partial charge in [-0.15, -0.1) is 0 Å². The van der Waals surface area contributed by atoms with Crippen LogP contribution in [-0.4, -0.2) is 11.6 Å². The lowest BCUT2D eigenvalue weighted by Gasteiger charge is -2.26. The van der Waals surface area contributed by atoms with Gasteiger partial charge >= 0.3 is 0 Å². The third-order valence-electron chi connectivity index (χ3n) is 6.97. The Kier molecular flexibility index (Phi) is 5.13. The van der Waals surface area contributed by atoms with E-state index in [9.17, 15) is 9.59 Å². The van der Waals surface area contributed by atoms with Crippen molar-refractivity contribution >= 4 is 11.6 Å². The molecular formula is C32H28O2. The molecule has 0 N–H and O–H groups in total. The molecule has 0 unspecified atom stereocenters. The van der Waals surface area contributed by atoms with Gasteiger partial charge in [0, 0.05) is 22.3 Å². The van der Waals surface area contributed by atoms with Crippen LogP contribution in [0.25, 0.3) is 22.3 Å². The molecule has 5 rings (SSSR count). The first-order valence-electron chi connectivity index (χ1n) is 11.7. The van der Waals surface area contributed by atoms with Crippen LogP contribution in [0.1, 0.15) is 65.2 Å². The van der Waals surface area contributed by atoms with Crippen LogP contribution in [0.15, 0.2) is 60.7 Å². The van der Waals surface area contributed by atoms with Crippen molar-refractivity contribution < 1.29 is 9.59 Å². The maximum atomic E-state index is 14.0. The second kappa shape index (κ2) is 7.92. The van der Waals surface area contributed by atoms with Gasteiger partial charge in [0.1, 0.15) is 0 Å². The Morgan fingerprint density at radius 1 is 0.412 bits per heavy atom. The second-order valence-corrected chi connectivity index (χ2v) is 9.66. The molecule has 0 amide bonds. The standard InChI is InChI=1S/C32H28O2/c1-17-13-19(3)27(20(4)14-17)25-11-12-26(28-21(5)15-18(2)16-22(28)6)30-29(25)31(33)23-9-7-8-10-24(23)32(30)34/h7-16H,1-6H3. The number of fused-ring (bicyclic) bond motifs is 2. The molecule has 2 nitrogen and oxygen atoms in total. The van der Waals surface area contributed by atoms with Crippen molar-refractivity contribution in [1.29, 1.82) is 0 Å². The van der Waals surface area contributed by atoms with E-state index < -0.39 is 0 Å². The van der Waals surface area contributed by atoms with E-state index in [-0.39, 0.29) is 11.6 Å². The zero-order chi connectivity index (χ0) is 24.3. The van der Waals surface area contributed by atoms with Gasteiger partial charge in [-0.1, -0.05) is 71.8 Å². The summed E-state index contributed by atoms with van der Waals surface area (Å²) in [5.41, 5.74) is 12.5. The molecule has 0 atom stereocenters. The summed E-state index contributed by atoms with van der Waals surface area (Å²) < 4.78 is 0. The van der Waals surface area contributed by atoms with Gasteiger partial charge in [0.15, 0.2) is 11.6 Å². The van der Waals surface area contributed by atoms with E-state index in [4.69, 9.17) is 0 Å². The molecule has 0 spiro atoms. The van der Waals surface area contributed by atoms with Gasteiger partial charge in [-0.3, -0.25) is 9.59 Å². The van der Waals surface area contributed by atoms with Gasteiger partial charge in [-0.05, 0) is 86.1 Å². The van der Waals surface area contributed by atoms with Crippen LogP contribution in [0.4, 0.5) is 0 Å². The molecule has 4 aromatic carbocycles. The van der Waals surface area contributed by atoms with Gasteiger partial charge in [-0.2, -0.15) is 0 Å². The van der Waals surface area contributed by atoms with Crippen LogP contribution in [0.5, 0.6) is 0 Å². The summed E-state index contributed by atoms with van der Waals surface area (Å²) in [6.07, 6.45) is 0. The van der Waals surface area contributed by atoms with Crippen molar-refractivity contribution in [3.63, 3.8) is 0 Å². The summed E-state index contributed by atoms with van der Waals surface area (Å²) >= 11 is 0. The van der Waals surface area contributed by atoms with E-state index >= 15 is 0 Å². The molecule has 0 radical (unpaired) electrons. The Bertz CT molecular complexity index is 1370. The van der Waals surface area contributed by atoms with E-state index in [2.05, 4.69) is 65.8 Å². The average Bonchev–Trinajstić information content (AvgIpc) is 2.76. The van der Waals surface area contributed by atoms with Crippen LogP contribution in [0, 0.1) is 41.5 Å². The zero-order valence-electron chi connectivity index (χ0n) is 20.6. The molecular weight excluding hydrogens is 416 g/mol. The molecule has 2 heteroatoms. The number of hydrogen-bond acceptors (Lipinski definition) is 2. The van der Waals surface area contributed by atoms with Gasteiger partial charge in [0.2, 0.25) is 0 Å². The summed E-state index contributed by atoms with van der Waals surface area (Å²) in [5, 5.41) is 0. The molecule has 0 saturated carbocycles. The van der Waals surface area contributed by atoms with E-state index in [1.165, 1.54) is 11.1 Å². The van der Waals surface area contributed by atoms with Crippen LogP contribution in [0.2, 0.25) is 0 Å². The first kappa shape index (κ1) is 22.0. The number of hydrogen-bond donors (Lipinski definition) is 0. The summed E-state index contributed by atoms with van der Waals surface area (Å²) in [6.45, 7) is 12.5. The Balaban J connectivity index is 1.92. The van der Waals surface area contributed by atoms with E-state index in [0.717, 1.165) is 44.5 Å². The maximum Gasteiger partial charge on any atom is 0.195 e. The van der Waals surface area contributed by atoms with Gasteiger partial charge < -0.3 is 0 Å². The van der Waals surface area contributed by atoms with Crippen LogP contribution in [0.3, 0.4) is 0 Å². The average molecular weight is 445 g/mol. The minimum Gasteiger partial charge on any atom is -0.289 e. The predicted octanol–water partition coefficient (Wildman–Crippen LogP) is 7.65. The number of ketones is 2. The Morgan fingerprint density at radius 2 is 0.735 bits per heavy atom. The largest absolute Gasteiger partial charge is 0.289 e. The van der Waals surface area contributed by atoms with Crippen LogP contribution < -0.4 is 0 Å². The van der Waals surface area contributed by atoms with Crippen molar-refractivity contribution in [2.24, 2.45) is 0 Å². The Hall–Kier alpha value is -3.78. The second-order valence-electron chi connectivity index (χ2n) is 9.66. The molecule has 168 valence electrons. The van der Waals surface area contributed by atoms with Crippen molar-refractivity contribution in [3.05, 3.63) is 116 Å². The maximum absolute atomic E-state index is 14.0. The molecule has 0 fully saturated rings. The summed E-state index contributed by atoms with van der Waals surface area (Å²) in [4.78, 5) is 28.0. The number of rotatable bonds is 2. The van der Waals surface area contributed by atoms with Crippen molar-refractivity contribution in [3.8, 4) is 22.3 Å². The summed E-state index contributed by atoms with van der Waals surface area (Å²) in [6, 6.07) is 19.8. The molecule has 0 aliphatic heterocycles. The van der Waals surface area contributed by atoms with Crippen LogP contribution >= 0.6 is 0 Å². The smallest absolute Gasteiger partial charge is 0.195 e. The molecule has 34 heavy (non-hydrogen) atoms.